The molecular weight excluding hydrogens is 619 g/mol. The first-order valence-corrected chi connectivity index (χ1v) is 19.4. The van der Waals surface area contributed by atoms with Gasteiger partial charge in [-0.15, -0.1) is 0 Å². The molecule has 46 heavy (non-hydrogen) atoms. The van der Waals surface area contributed by atoms with Gasteiger partial charge >= 0.3 is 41.5 Å². The summed E-state index contributed by atoms with van der Waals surface area (Å²) in [7, 11) is -5.01. The fourth-order valence-corrected chi connectivity index (χ4v) is 4.89. The Balaban J connectivity index is -0.000000403. The number of unbranched alkanes of at least 4 members (excludes halogenated alkanes) is 7. The van der Waals surface area contributed by atoms with Crippen molar-refractivity contribution >= 4 is 22.1 Å². The van der Waals surface area contributed by atoms with Crippen molar-refractivity contribution in [2.75, 3.05) is 39.6 Å². The van der Waals surface area contributed by atoms with Gasteiger partial charge in [0.25, 0.3) is 0 Å². The quantitative estimate of drug-likeness (QED) is 0.0466. The first kappa shape index (κ1) is 52.6. The summed E-state index contributed by atoms with van der Waals surface area (Å²) in [5, 5.41) is -2.06. The summed E-state index contributed by atoms with van der Waals surface area (Å²) in [6.07, 6.45) is 15.9. The van der Waals surface area contributed by atoms with Crippen molar-refractivity contribution in [3.05, 3.63) is 0 Å². The van der Waals surface area contributed by atoms with Gasteiger partial charge in [-0.1, -0.05) is 112 Å². The monoisotopic (exact) mass is 690 g/mol. The Morgan fingerprint density at radius 2 is 1.09 bits per heavy atom. The van der Waals surface area contributed by atoms with Gasteiger partial charge in [-0.25, -0.2) is 8.42 Å². The van der Waals surface area contributed by atoms with E-state index in [9.17, 15) is 22.6 Å². The number of hydrogen-bond acceptors (Lipinski definition) is 9. The first-order chi connectivity index (χ1) is 21.5. The second-order valence-electron chi connectivity index (χ2n) is 11.5. The van der Waals surface area contributed by atoms with Crippen LogP contribution in [0.4, 0.5) is 0 Å². The first-order valence-electron chi connectivity index (χ1n) is 17.9. The van der Waals surface area contributed by atoms with E-state index in [0.29, 0.717) is 0 Å². The summed E-state index contributed by atoms with van der Waals surface area (Å²) in [6, 6.07) is 0. The molecule has 9 nitrogen and oxygen atoms in total. The molecule has 0 aliphatic heterocycles. The number of esters is 2. The van der Waals surface area contributed by atoms with Gasteiger partial charge in [-0.05, 0) is 51.4 Å². The van der Waals surface area contributed by atoms with Crippen LogP contribution in [0.15, 0.2) is 0 Å². The molecule has 3 unspecified atom stereocenters. The van der Waals surface area contributed by atoms with E-state index in [-0.39, 0.29) is 54.6 Å². The summed E-state index contributed by atoms with van der Waals surface area (Å²) in [6.45, 7) is 20.3. The van der Waals surface area contributed by atoms with Crippen molar-refractivity contribution in [2.24, 2.45) is 11.8 Å². The average Bonchev–Trinajstić information content (AvgIpc) is 3.01. The predicted molar refractivity (Wildman–Crippen MR) is 183 cm³/mol. The normalized spacial score (nSPS) is 12.7. The van der Waals surface area contributed by atoms with Crippen LogP contribution in [0.2, 0.25) is 0 Å². The Morgan fingerprint density at radius 3 is 1.50 bits per heavy atom. The Kier molecular flexibility index (Phi) is 44.8. The van der Waals surface area contributed by atoms with Crippen LogP contribution < -0.4 is 29.6 Å². The van der Waals surface area contributed by atoms with Gasteiger partial charge in [-0.3, -0.25) is 9.59 Å². The molecular formula is C35H71NaO9S. The standard InChI is InChI=1S/C20H38O7S.C11H24O.C4H10O.Na/c1-5-9-11-16(7-3)14-26-19(21)13-18(28(23,24)25)20(22)27-15-17(8-4)12-10-6-2;1-3-5-6-7-8-9-11-12-10-4-2;1-3-5-4-2;/h16-18H,5-15H2,1-4H3,(H,23,24,25);3-11H2,1-2H3;3-4H2,1-2H3;/q;;;+1/p-1. The predicted octanol–water partition coefficient (Wildman–Crippen LogP) is 5.63. The molecule has 0 heterocycles. The van der Waals surface area contributed by atoms with E-state index in [1.165, 1.54) is 38.5 Å². The zero-order valence-electron chi connectivity index (χ0n) is 31.4. The van der Waals surface area contributed by atoms with E-state index in [1.807, 2.05) is 27.7 Å². The molecule has 0 aliphatic carbocycles. The maximum atomic E-state index is 12.1. The van der Waals surface area contributed by atoms with Crippen molar-refractivity contribution in [2.45, 2.75) is 163 Å². The van der Waals surface area contributed by atoms with E-state index in [4.69, 9.17) is 18.9 Å². The molecule has 0 saturated carbocycles. The fourth-order valence-electron chi connectivity index (χ4n) is 4.25. The molecule has 0 N–H and O–H groups in total. The average molecular weight is 691 g/mol. The Bertz CT molecular complexity index is 738. The SMILES string of the molecule is CCCCC(CC)COC(=O)CC(C(=O)OCC(CC)CCCC)S(=O)(=O)[O-].CCCCCCCCOCCC.CCOCC.[Na+]. The molecule has 0 bridgehead atoms. The molecule has 0 radical (unpaired) electrons. The number of hydrogen-bond donors (Lipinski definition) is 0. The summed E-state index contributed by atoms with van der Waals surface area (Å²) in [5.74, 6) is -1.74. The van der Waals surface area contributed by atoms with Gasteiger partial charge in [-0.2, -0.15) is 0 Å². The molecule has 11 heteroatoms. The molecule has 0 spiro atoms. The minimum atomic E-state index is -5.01. The van der Waals surface area contributed by atoms with Crippen LogP contribution in [0.25, 0.3) is 0 Å². The minimum absolute atomic E-state index is 0. The molecule has 3 atom stereocenters. The number of carbonyl (C=O) groups excluding carboxylic acids is 2. The van der Waals surface area contributed by atoms with Crippen molar-refractivity contribution in [3.8, 4) is 0 Å². The summed E-state index contributed by atoms with van der Waals surface area (Å²) in [5.41, 5.74) is 0. The van der Waals surface area contributed by atoms with Gasteiger partial charge in [0, 0.05) is 26.4 Å². The Morgan fingerprint density at radius 1 is 0.609 bits per heavy atom. The second-order valence-corrected chi connectivity index (χ2v) is 13.0. The third-order valence-electron chi connectivity index (χ3n) is 7.39. The molecule has 0 fully saturated rings. The largest absolute Gasteiger partial charge is 1.00 e. The van der Waals surface area contributed by atoms with Crippen LogP contribution in [0.3, 0.4) is 0 Å². The third-order valence-corrected chi connectivity index (χ3v) is 8.45. The van der Waals surface area contributed by atoms with E-state index >= 15 is 0 Å². The number of carbonyl (C=O) groups is 2. The Hall–Kier alpha value is -0.230. The molecule has 0 aliphatic rings. The molecule has 272 valence electrons. The molecule has 0 amide bonds. The molecule has 0 aromatic carbocycles. The Labute approximate surface area is 306 Å². The van der Waals surface area contributed by atoms with Gasteiger partial charge in [0.05, 0.1) is 19.6 Å². The zero-order valence-corrected chi connectivity index (χ0v) is 34.2. The van der Waals surface area contributed by atoms with Gasteiger partial charge in [0.15, 0.2) is 5.25 Å². The van der Waals surface area contributed by atoms with Crippen molar-refractivity contribution < 1.29 is 71.1 Å². The van der Waals surface area contributed by atoms with Gasteiger partial charge < -0.3 is 23.5 Å². The number of rotatable bonds is 27. The van der Waals surface area contributed by atoms with E-state index in [1.54, 1.807) is 0 Å². The van der Waals surface area contributed by atoms with Crippen LogP contribution in [-0.2, 0) is 38.7 Å². The maximum absolute atomic E-state index is 12.1. The van der Waals surface area contributed by atoms with E-state index < -0.39 is 33.7 Å². The summed E-state index contributed by atoms with van der Waals surface area (Å²) < 4.78 is 54.8. The zero-order chi connectivity index (χ0) is 34.8. The van der Waals surface area contributed by atoms with Crippen LogP contribution in [0.1, 0.15) is 158 Å². The molecule has 0 aromatic heterocycles. The van der Waals surface area contributed by atoms with Gasteiger partial charge in [0.2, 0.25) is 0 Å². The van der Waals surface area contributed by atoms with Crippen LogP contribution >= 0.6 is 0 Å². The third kappa shape index (κ3) is 36.6. The maximum Gasteiger partial charge on any atom is 1.00 e. The topological polar surface area (TPSA) is 128 Å². The van der Waals surface area contributed by atoms with Crippen LogP contribution in [-0.4, -0.2) is 69.8 Å². The van der Waals surface area contributed by atoms with E-state index in [0.717, 1.165) is 84.2 Å². The van der Waals surface area contributed by atoms with Crippen molar-refractivity contribution in [1.29, 1.82) is 0 Å². The molecule has 0 aromatic rings. The summed E-state index contributed by atoms with van der Waals surface area (Å²) >= 11 is 0. The van der Waals surface area contributed by atoms with E-state index in [2.05, 4.69) is 27.7 Å². The molecule has 0 saturated heterocycles. The van der Waals surface area contributed by atoms with Crippen LogP contribution in [0, 0.1) is 11.8 Å². The smallest absolute Gasteiger partial charge is 0.747 e. The van der Waals surface area contributed by atoms with Crippen molar-refractivity contribution in [3.63, 3.8) is 0 Å². The van der Waals surface area contributed by atoms with Gasteiger partial charge in [0.1, 0.15) is 10.1 Å². The van der Waals surface area contributed by atoms with Crippen LogP contribution in [0.5, 0.6) is 0 Å². The second kappa shape index (κ2) is 39.2. The minimum Gasteiger partial charge on any atom is -0.747 e. The fraction of sp³-hybridized carbons (Fsp3) is 0.943. The number of ether oxygens (including phenoxy) is 4. The molecule has 0 rings (SSSR count). The summed E-state index contributed by atoms with van der Waals surface area (Å²) in [4.78, 5) is 24.1. The van der Waals surface area contributed by atoms with Crippen molar-refractivity contribution in [1.82, 2.24) is 0 Å².